The Morgan fingerprint density at radius 3 is 1.71 bits per heavy atom. The minimum Gasteiger partial charge on any atom is -0.477 e. The van der Waals surface area contributed by atoms with Gasteiger partial charge in [-0.25, -0.2) is 9.59 Å². The van der Waals surface area contributed by atoms with Crippen molar-refractivity contribution < 1.29 is 19.4 Å². The zero-order chi connectivity index (χ0) is 27.1. The highest BCUT2D eigenvalue weighted by Crippen LogP contribution is 2.38. The molecule has 8 nitrogen and oxygen atoms in total. The lowest BCUT2D eigenvalue weighted by molar-refractivity contribution is 0.0523. The Labute approximate surface area is 227 Å². The summed E-state index contributed by atoms with van der Waals surface area (Å²) in [5, 5.41) is 11.1. The molecule has 4 aromatic rings. The van der Waals surface area contributed by atoms with E-state index in [9.17, 15) is 19.2 Å². The number of pyridine rings is 2. The van der Waals surface area contributed by atoms with E-state index in [1.54, 1.807) is 49.5 Å². The summed E-state index contributed by atoms with van der Waals surface area (Å²) in [5.74, 6) is -1.75. The molecule has 2 aliphatic rings. The van der Waals surface area contributed by atoms with Gasteiger partial charge in [0, 0.05) is 45.3 Å². The maximum Gasteiger partial charge on any atom is 0.343 e. The van der Waals surface area contributed by atoms with E-state index in [0.717, 1.165) is 31.2 Å². The molecule has 196 valence electrons. The number of ether oxygens (including phenoxy) is 1. The van der Waals surface area contributed by atoms with Gasteiger partial charge in [0.15, 0.2) is 0 Å². The molecule has 0 aliphatic heterocycles. The molecular weight excluding hydrogens is 531 g/mol. The number of carboxylic acids is 1. The molecule has 2 heterocycles. The Balaban J connectivity index is 0.000000156. The van der Waals surface area contributed by atoms with Crippen LogP contribution in [0.25, 0.3) is 21.8 Å². The molecule has 2 fully saturated rings. The highest BCUT2D eigenvalue weighted by Gasteiger charge is 2.28. The van der Waals surface area contributed by atoms with E-state index in [-0.39, 0.29) is 29.2 Å². The van der Waals surface area contributed by atoms with Gasteiger partial charge in [-0.2, -0.15) is 0 Å². The monoisotopic (exact) mass is 554 g/mol. The molecule has 38 heavy (non-hydrogen) atoms. The number of nitrogens with zero attached hydrogens (tertiary/aromatic N) is 2. The topological polar surface area (TPSA) is 108 Å². The number of rotatable bonds is 5. The van der Waals surface area contributed by atoms with Gasteiger partial charge in [-0.3, -0.25) is 9.59 Å². The smallest absolute Gasteiger partial charge is 0.343 e. The van der Waals surface area contributed by atoms with Crippen LogP contribution in [-0.2, 0) is 4.74 Å². The molecule has 0 amide bonds. The fourth-order valence-corrected chi connectivity index (χ4v) is 4.79. The first-order valence-corrected chi connectivity index (χ1v) is 13.0. The van der Waals surface area contributed by atoms with Gasteiger partial charge in [0.05, 0.1) is 17.6 Å². The van der Waals surface area contributed by atoms with Crippen molar-refractivity contribution >= 4 is 56.9 Å². The van der Waals surface area contributed by atoms with Crippen LogP contribution >= 0.6 is 23.2 Å². The molecule has 0 bridgehead atoms. The second-order valence-corrected chi connectivity index (χ2v) is 10.2. The number of aromatic nitrogens is 2. The number of hydrogen-bond donors (Lipinski definition) is 1. The van der Waals surface area contributed by atoms with Gasteiger partial charge < -0.3 is 19.0 Å². The number of benzene rings is 2. The van der Waals surface area contributed by atoms with Crippen molar-refractivity contribution in [1.29, 1.82) is 0 Å². The highest BCUT2D eigenvalue weighted by atomic mass is 35.5. The number of carboxylic acid groups (broad SMARTS) is 1. The summed E-state index contributed by atoms with van der Waals surface area (Å²) in [6.07, 6.45) is 7.14. The first-order chi connectivity index (χ1) is 18.2. The van der Waals surface area contributed by atoms with E-state index in [0.29, 0.717) is 32.4 Å². The number of aromatic carboxylic acids is 1. The lowest BCUT2D eigenvalue weighted by Crippen LogP contribution is -2.20. The predicted octanol–water partition coefficient (Wildman–Crippen LogP) is 5.85. The van der Waals surface area contributed by atoms with Crippen LogP contribution in [0.4, 0.5) is 0 Å². The zero-order valence-electron chi connectivity index (χ0n) is 20.4. The molecule has 6 rings (SSSR count). The summed E-state index contributed by atoms with van der Waals surface area (Å²) < 4.78 is 8.78. The van der Waals surface area contributed by atoms with Gasteiger partial charge in [-0.15, -0.1) is 0 Å². The number of carbonyl (C=O) groups excluding carboxylic acids is 1. The lowest BCUT2D eigenvalue weighted by Gasteiger charge is -2.12. The van der Waals surface area contributed by atoms with Crippen LogP contribution < -0.4 is 10.9 Å². The van der Waals surface area contributed by atoms with Crippen LogP contribution in [0.5, 0.6) is 0 Å². The van der Waals surface area contributed by atoms with Crippen molar-refractivity contribution in [3.8, 4) is 0 Å². The van der Waals surface area contributed by atoms with Crippen molar-refractivity contribution in [2.45, 2.75) is 44.7 Å². The van der Waals surface area contributed by atoms with Gasteiger partial charge in [0.2, 0.25) is 10.9 Å². The molecular formula is C28H24Cl2N2O6. The summed E-state index contributed by atoms with van der Waals surface area (Å²) in [7, 11) is 0. The van der Waals surface area contributed by atoms with Crippen LogP contribution in [0, 0.1) is 0 Å². The van der Waals surface area contributed by atoms with Crippen LogP contribution in [0.1, 0.15) is 65.4 Å². The van der Waals surface area contributed by atoms with E-state index in [1.807, 2.05) is 9.13 Å². The minimum absolute atomic E-state index is 0.0913. The maximum absolute atomic E-state index is 12.4. The first-order valence-electron chi connectivity index (χ1n) is 12.3. The molecule has 0 saturated heterocycles. The predicted molar refractivity (Wildman–Crippen MR) is 146 cm³/mol. The van der Waals surface area contributed by atoms with Crippen molar-refractivity contribution in [3.63, 3.8) is 0 Å². The average molecular weight is 555 g/mol. The molecule has 0 spiro atoms. The SMILES string of the molecule is CCOC(=O)c1cn(C2CC2)c2cc(Cl)ccc2c1=O.O=C(O)c1cn(C2CC2)c2cc(Cl)ccc2c1=O. The average Bonchev–Trinajstić information content (AvgIpc) is 3.79. The Morgan fingerprint density at radius 1 is 0.842 bits per heavy atom. The number of halogens is 2. The van der Waals surface area contributed by atoms with E-state index in [2.05, 4.69) is 0 Å². The molecule has 10 heteroatoms. The fourth-order valence-electron chi connectivity index (χ4n) is 4.46. The first kappa shape index (κ1) is 26.0. The second kappa shape index (κ2) is 10.3. The third-order valence-corrected chi connectivity index (χ3v) is 7.07. The van der Waals surface area contributed by atoms with Crippen LogP contribution in [-0.4, -0.2) is 32.8 Å². The third-order valence-electron chi connectivity index (χ3n) is 6.60. The molecule has 2 saturated carbocycles. The Morgan fingerprint density at radius 2 is 1.29 bits per heavy atom. The normalized spacial score (nSPS) is 14.7. The number of fused-ring (bicyclic) bond motifs is 2. The van der Waals surface area contributed by atoms with E-state index in [4.69, 9.17) is 33.0 Å². The molecule has 2 aromatic carbocycles. The molecule has 1 N–H and O–H groups in total. The summed E-state index contributed by atoms with van der Waals surface area (Å²) in [5.41, 5.74) is 0.640. The number of hydrogen-bond acceptors (Lipinski definition) is 5. The number of carbonyl (C=O) groups is 2. The Kier molecular flexibility index (Phi) is 7.03. The largest absolute Gasteiger partial charge is 0.477 e. The van der Waals surface area contributed by atoms with Crippen LogP contribution in [0.2, 0.25) is 10.0 Å². The Hall–Kier alpha value is -3.62. The Bertz CT molecular complexity index is 1720. The second-order valence-electron chi connectivity index (χ2n) is 9.37. The quantitative estimate of drug-likeness (QED) is 0.310. The summed E-state index contributed by atoms with van der Waals surface area (Å²) in [6, 6.07) is 10.6. The van der Waals surface area contributed by atoms with Crippen molar-refractivity contribution in [2.75, 3.05) is 6.61 Å². The summed E-state index contributed by atoms with van der Waals surface area (Å²) >= 11 is 12.0. The van der Waals surface area contributed by atoms with E-state index >= 15 is 0 Å². The zero-order valence-corrected chi connectivity index (χ0v) is 22.0. The van der Waals surface area contributed by atoms with E-state index < -0.39 is 17.4 Å². The fraction of sp³-hybridized carbons (Fsp3) is 0.286. The van der Waals surface area contributed by atoms with Crippen LogP contribution in [0.3, 0.4) is 0 Å². The van der Waals surface area contributed by atoms with Gasteiger partial charge in [0.1, 0.15) is 11.1 Å². The molecule has 2 aliphatic carbocycles. The molecule has 0 atom stereocenters. The van der Waals surface area contributed by atoms with Gasteiger partial charge >= 0.3 is 11.9 Å². The maximum atomic E-state index is 12.4. The summed E-state index contributed by atoms with van der Waals surface area (Å²) in [4.78, 5) is 47.4. The standard InChI is InChI=1S/C15H14ClNO3.C13H10ClNO3/c1-2-20-15(19)12-8-17(10-4-5-10)13-7-9(16)3-6-11(13)14(12)18;14-7-1-4-9-11(5-7)15(8-2-3-8)6-10(12(9)16)13(17)18/h3,6-8,10H,2,4-5H2,1H3;1,4-6,8H,2-3H2,(H,17,18). The lowest BCUT2D eigenvalue weighted by atomic mass is 10.1. The minimum atomic E-state index is -1.19. The van der Waals surface area contributed by atoms with Gasteiger partial charge in [-0.05, 0) is 69.0 Å². The van der Waals surface area contributed by atoms with E-state index in [1.165, 1.54) is 6.20 Å². The molecule has 2 aromatic heterocycles. The summed E-state index contributed by atoms with van der Waals surface area (Å²) in [6.45, 7) is 1.97. The van der Waals surface area contributed by atoms with Crippen molar-refractivity contribution in [3.05, 3.63) is 90.4 Å². The molecule has 0 unspecified atom stereocenters. The van der Waals surface area contributed by atoms with Gasteiger partial charge in [0.25, 0.3) is 0 Å². The van der Waals surface area contributed by atoms with Crippen LogP contribution in [0.15, 0.2) is 58.4 Å². The number of esters is 1. The highest BCUT2D eigenvalue weighted by molar-refractivity contribution is 6.31. The van der Waals surface area contributed by atoms with Gasteiger partial charge in [-0.1, -0.05) is 23.2 Å². The molecule has 0 radical (unpaired) electrons. The third kappa shape index (κ3) is 5.06. The van der Waals surface area contributed by atoms with Crippen molar-refractivity contribution in [2.24, 2.45) is 0 Å². The van der Waals surface area contributed by atoms with Crippen molar-refractivity contribution in [1.82, 2.24) is 9.13 Å².